The Morgan fingerprint density at radius 2 is 2.41 bits per heavy atom. The van der Waals surface area contributed by atoms with Crippen LogP contribution >= 0.6 is 0 Å². The number of methoxy groups -OCH3 is 1. The summed E-state index contributed by atoms with van der Waals surface area (Å²) in [4.78, 5) is 15.7. The average molecular weight is 237 g/mol. The van der Waals surface area contributed by atoms with E-state index < -0.39 is 6.04 Å². The lowest BCUT2D eigenvalue weighted by atomic mass is 10.1. The minimum absolute atomic E-state index is 0.141. The Kier molecular flexibility index (Phi) is 5.42. The lowest BCUT2D eigenvalue weighted by Crippen LogP contribution is -2.40. The van der Waals surface area contributed by atoms with Gasteiger partial charge in [0.25, 0.3) is 0 Å². The van der Waals surface area contributed by atoms with E-state index in [0.29, 0.717) is 18.8 Å². The lowest BCUT2D eigenvalue weighted by molar-refractivity contribution is -0.122. The Labute approximate surface area is 101 Å². The molecule has 3 N–H and O–H groups in total. The molecular formula is C12H19N3O2. The van der Waals surface area contributed by atoms with Gasteiger partial charge in [-0.05, 0) is 12.5 Å². The van der Waals surface area contributed by atoms with Gasteiger partial charge in [0.2, 0.25) is 11.8 Å². The van der Waals surface area contributed by atoms with Gasteiger partial charge in [-0.2, -0.15) is 0 Å². The van der Waals surface area contributed by atoms with E-state index in [0.717, 1.165) is 12.0 Å². The molecule has 0 radical (unpaired) electrons. The number of nitrogens with two attached hydrogens (primary N) is 1. The highest BCUT2D eigenvalue weighted by atomic mass is 16.5. The summed E-state index contributed by atoms with van der Waals surface area (Å²) in [5.74, 6) is 0.384. The van der Waals surface area contributed by atoms with Crippen LogP contribution in [0.3, 0.4) is 0 Å². The van der Waals surface area contributed by atoms with E-state index in [4.69, 9.17) is 10.5 Å². The Hall–Kier alpha value is -1.62. The van der Waals surface area contributed by atoms with Crippen molar-refractivity contribution in [2.75, 3.05) is 7.11 Å². The number of carbonyl (C=O) groups excluding carboxylic acids is 1. The molecule has 1 aromatic rings. The quantitative estimate of drug-likeness (QED) is 0.768. The Morgan fingerprint density at radius 3 is 3.06 bits per heavy atom. The van der Waals surface area contributed by atoms with Gasteiger partial charge in [0.05, 0.1) is 13.2 Å². The van der Waals surface area contributed by atoms with Crippen LogP contribution in [0.5, 0.6) is 5.88 Å². The molecule has 1 heterocycles. The second kappa shape index (κ2) is 6.85. The van der Waals surface area contributed by atoms with Crippen LogP contribution in [0.1, 0.15) is 25.3 Å². The van der Waals surface area contributed by atoms with Gasteiger partial charge in [-0.15, -0.1) is 0 Å². The minimum Gasteiger partial charge on any atom is -0.481 e. The van der Waals surface area contributed by atoms with Crippen molar-refractivity contribution in [1.82, 2.24) is 10.3 Å². The molecule has 1 rings (SSSR count). The van der Waals surface area contributed by atoms with Crippen molar-refractivity contribution in [3.63, 3.8) is 0 Å². The van der Waals surface area contributed by atoms with Crippen molar-refractivity contribution in [1.29, 1.82) is 0 Å². The van der Waals surface area contributed by atoms with Crippen LogP contribution in [-0.4, -0.2) is 24.0 Å². The van der Waals surface area contributed by atoms with Crippen LogP contribution in [0.25, 0.3) is 0 Å². The van der Waals surface area contributed by atoms with Crippen LogP contribution in [-0.2, 0) is 11.3 Å². The second-order valence-electron chi connectivity index (χ2n) is 3.78. The zero-order valence-corrected chi connectivity index (χ0v) is 10.3. The van der Waals surface area contributed by atoms with Crippen LogP contribution in [0, 0.1) is 0 Å². The molecule has 0 saturated carbocycles. The molecule has 0 bridgehead atoms. The van der Waals surface area contributed by atoms with Gasteiger partial charge in [0, 0.05) is 18.3 Å². The van der Waals surface area contributed by atoms with Crippen molar-refractivity contribution in [3.05, 3.63) is 23.9 Å². The molecule has 0 spiro atoms. The van der Waals surface area contributed by atoms with Crippen molar-refractivity contribution >= 4 is 5.91 Å². The molecule has 0 aliphatic heterocycles. The highest BCUT2D eigenvalue weighted by molar-refractivity contribution is 5.81. The van der Waals surface area contributed by atoms with E-state index >= 15 is 0 Å². The summed E-state index contributed by atoms with van der Waals surface area (Å²) in [7, 11) is 1.55. The zero-order valence-electron chi connectivity index (χ0n) is 10.3. The molecule has 0 fully saturated rings. The van der Waals surface area contributed by atoms with E-state index in [-0.39, 0.29) is 5.91 Å². The van der Waals surface area contributed by atoms with Gasteiger partial charge < -0.3 is 15.8 Å². The van der Waals surface area contributed by atoms with E-state index in [1.54, 1.807) is 19.4 Å². The third-order valence-electron chi connectivity index (χ3n) is 2.43. The normalized spacial score (nSPS) is 11.9. The van der Waals surface area contributed by atoms with Gasteiger partial charge in [-0.3, -0.25) is 4.79 Å². The highest BCUT2D eigenvalue weighted by Gasteiger charge is 2.12. The first kappa shape index (κ1) is 13.4. The van der Waals surface area contributed by atoms with E-state index in [1.807, 2.05) is 13.0 Å². The molecular weight excluding hydrogens is 218 g/mol. The number of hydrogen-bond donors (Lipinski definition) is 2. The van der Waals surface area contributed by atoms with Crippen LogP contribution in [0.15, 0.2) is 18.3 Å². The van der Waals surface area contributed by atoms with E-state index in [1.165, 1.54) is 0 Å². The van der Waals surface area contributed by atoms with Gasteiger partial charge in [-0.1, -0.05) is 19.4 Å². The van der Waals surface area contributed by atoms with Gasteiger partial charge in [0.1, 0.15) is 0 Å². The van der Waals surface area contributed by atoms with Crippen LogP contribution in [0.4, 0.5) is 0 Å². The molecule has 0 aliphatic rings. The number of amides is 1. The number of carbonyl (C=O) groups is 1. The fourth-order valence-electron chi connectivity index (χ4n) is 1.50. The standard InChI is InChI=1S/C12H19N3O2/c1-3-5-10(13)11(16)15-8-9-6-4-7-14-12(9)17-2/h4,6-7,10H,3,5,8,13H2,1-2H3,(H,15,16)/t10-/m1/s1. The molecule has 0 saturated heterocycles. The molecule has 17 heavy (non-hydrogen) atoms. The number of aromatic nitrogens is 1. The smallest absolute Gasteiger partial charge is 0.237 e. The summed E-state index contributed by atoms with van der Waals surface area (Å²) in [6.45, 7) is 2.38. The SMILES string of the molecule is CCC[C@@H](N)C(=O)NCc1cccnc1OC. The van der Waals surface area contributed by atoms with Crippen molar-refractivity contribution in [2.45, 2.75) is 32.4 Å². The number of ether oxygens (including phenoxy) is 1. The highest BCUT2D eigenvalue weighted by Crippen LogP contribution is 2.12. The van der Waals surface area contributed by atoms with Crippen molar-refractivity contribution in [2.24, 2.45) is 5.73 Å². The van der Waals surface area contributed by atoms with E-state index in [2.05, 4.69) is 10.3 Å². The van der Waals surface area contributed by atoms with Crippen molar-refractivity contribution in [3.8, 4) is 5.88 Å². The molecule has 5 nitrogen and oxygen atoms in total. The fourth-order valence-corrected chi connectivity index (χ4v) is 1.50. The predicted octanol–water partition coefficient (Wildman–Crippen LogP) is 0.834. The maximum atomic E-state index is 11.6. The monoisotopic (exact) mass is 237 g/mol. The largest absolute Gasteiger partial charge is 0.481 e. The first-order valence-corrected chi connectivity index (χ1v) is 5.70. The van der Waals surface area contributed by atoms with Gasteiger partial charge >= 0.3 is 0 Å². The summed E-state index contributed by atoms with van der Waals surface area (Å²) in [5.41, 5.74) is 6.54. The maximum absolute atomic E-state index is 11.6. The van der Waals surface area contributed by atoms with Crippen LogP contribution < -0.4 is 15.8 Å². The fraction of sp³-hybridized carbons (Fsp3) is 0.500. The van der Waals surface area contributed by atoms with E-state index in [9.17, 15) is 4.79 Å². The molecule has 1 atom stereocenters. The maximum Gasteiger partial charge on any atom is 0.237 e. The number of hydrogen-bond acceptors (Lipinski definition) is 4. The summed E-state index contributed by atoms with van der Waals surface area (Å²) >= 11 is 0. The third-order valence-corrected chi connectivity index (χ3v) is 2.43. The summed E-state index contributed by atoms with van der Waals surface area (Å²) in [5, 5.41) is 2.77. The van der Waals surface area contributed by atoms with Crippen LogP contribution in [0.2, 0.25) is 0 Å². The predicted molar refractivity (Wildman–Crippen MR) is 65.5 cm³/mol. The minimum atomic E-state index is -0.442. The molecule has 0 unspecified atom stereocenters. The topological polar surface area (TPSA) is 77.2 Å². The number of nitrogens with one attached hydrogen (secondary N) is 1. The summed E-state index contributed by atoms with van der Waals surface area (Å²) in [6, 6.07) is 3.22. The average Bonchev–Trinajstić information content (AvgIpc) is 2.36. The molecule has 1 aromatic heterocycles. The number of nitrogens with zero attached hydrogens (tertiary/aromatic N) is 1. The zero-order chi connectivity index (χ0) is 12.7. The van der Waals surface area contributed by atoms with Crippen molar-refractivity contribution < 1.29 is 9.53 Å². The first-order chi connectivity index (χ1) is 8.19. The second-order valence-corrected chi connectivity index (χ2v) is 3.78. The number of rotatable bonds is 6. The molecule has 5 heteroatoms. The Balaban J connectivity index is 2.52. The Morgan fingerprint density at radius 1 is 1.65 bits per heavy atom. The third kappa shape index (κ3) is 4.03. The number of pyridine rings is 1. The molecule has 0 aromatic carbocycles. The summed E-state index contributed by atoms with van der Waals surface area (Å²) in [6.07, 6.45) is 3.23. The molecule has 94 valence electrons. The van der Waals surface area contributed by atoms with Gasteiger partial charge in [-0.25, -0.2) is 4.98 Å². The van der Waals surface area contributed by atoms with Gasteiger partial charge in [0.15, 0.2) is 0 Å². The summed E-state index contributed by atoms with van der Waals surface area (Å²) < 4.78 is 5.09. The first-order valence-electron chi connectivity index (χ1n) is 5.70. The molecule has 0 aliphatic carbocycles. The lowest BCUT2D eigenvalue weighted by Gasteiger charge is -2.12. The Bertz CT molecular complexity index is 369. The molecule has 1 amide bonds.